The predicted molar refractivity (Wildman–Crippen MR) is 287 cm³/mol. The van der Waals surface area contributed by atoms with Gasteiger partial charge in [-0.3, -0.25) is 9.59 Å². The topological polar surface area (TPSA) is 74.4 Å². The zero-order valence-corrected chi connectivity index (χ0v) is 43.0. The van der Waals surface area contributed by atoms with Crippen molar-refractivity contribution in [3.05, 3.63) is 137 Å². The number of fused-ring (bicyclic) bond motifs is 9. The van der Waals surface area contributed by atoms with Crippen molar-refractivity contribution < 1.29 is 19.1 Å². The summed E-state index contributed by atoms with van der Waals surface area (Å²) in [6.07, 6.45) is 14.9. The fourth-order valence-electron chi connectivity index (χ4n) is 12.9. The molecular formula is C62H74N4O4. The van der Waals surface area contributed by atoms with Gasteiger partial charge in [0.05, 0.1) is 12.8 Å². The smallest absolute Gasteiger partial charge is 0.245 e. The molecular weight excluding hydrogens is 865 g/mol. The second kappa shape index (κ2) is 18.6. The molecule has 2 amide bonds. The van der Waals surface area contributed by atoms with Crippen LogP contribution in [0.2, 0.25) is 0 Å². The summed E-state index contributed by atoms with van der Waals surface area (Å²) < 4.78 is 14.3. The Labute approximate surface area is 417 Å². The van der Waals surface area contributed by atoms with Gasteiger partial charge in [-0.15, -0.1) is 0 Å². The molecule has 2 aliphatic carbocycles. The summed E-state index contributed by atoms with van der Waals surface area (Å²) in [5, 5.41) is 5.18. The van der Waals surface area contributed by atoms with Crippen molar-refractivity contribution in [2.75, 3.05) is 49.6 Å². The maximum Gasteiger partial charge on any atom is 0.245 e. The average molecular weight is 939 g/mol. The van der Waals surface area contributed by atoms with Crippen molar-refractivity contribution in [1.29, 1.82) is 0 Å². The maximum absolute atomic E-state index is 13.9. The minimum Gasteiger partial charge on any atom is -0.495 e. The van der Waals surface area contributed by atoms with E-state index in [1.807, 2.05) is 12.0 Å². The fraction of sp³-hybridized carbons (Fsp3) is 0.452. The summed E-state index contributed by atoms with van der Waals surface area (Å²) >= 11 is 0. The third kappa shape index (κ3) is 8.27. The highest BCUT2D eigenvalue weighted by Gasteiger charge is 2.45. The van der Waals surface area contributed by atoms with E-state index in [9.17, 15) is 9.59 Å². The molecule has 0 aromatic heterocycles. The number of benzene rings is 5. The van der Waals surface area contributed by atoms with Crippen LogP contribution in [0.15, 0.2) is 104 Å². The molecule has 5 unspecified atom stereocenters. The Kier molecular flexibility index (Phi) is 12.7. The van der Waals surface area contributed by atoms with E-state index in [4.69, 9.17) is 9.47 Å². The summed E-state index contributed by atoms with van der Waals surface area (Å²) in [4.78, 5) is 33.1. The number of piperidine rings is 1. The number of piperazine rings is 1. The van der Waals surface area contributed by atoms with Gasteiger partial charge in [-0.2, -0.15) is 0 Å². The summed E-state index contributed by atoms with van der Waals surface area (Å²) in [5.74, 6) is 3.00. The molecule has 1 saturated carbocycles. The predicted octanol–water partition coefficient (Wildman–Crippen LogP) is 12.7. The number of amides is 2. The Bertz CT molecular complexity index is 2840. The fourth-order valence-corrected chi connectivity index (χ4v) is 12.9. The molecule has 8 heteroatoms. The monoisotopic (exact) mass is 939 g/mol. The Morgan fingerprint density at radius 1 is 0.886 bits per heavy atom. The number of anilines is 2. The molecule has 5 aromatic carbocycles. The Morgan fingerprint density at radius 3 is 2.33 bits per heavy atom. The highest BCUT2D eigenvalue weighted by molar-refractivity contribution is 6.10. The standard InChI is InChI=1S/C62H74N4O4/c1-10-12-22-52(63-55(67)11-2)59(68)66-34-33-64(38-40(66)3)46-26-23-44(24-27-46)62(43-20-14-13-15-21-43)31-29-48-57-56(47-28-25-45(60(4,5)6)35-51(47)61(57,7)8)49-36-53(54(69-9)37-50(49)58(48)70-62)65-32-30-41-18-16-17-19-42(41)39-65/h11,13-15,20-21,23-29,31,35-37,40-42,52H,2,10,12,16-19,22,30,32-34,38-39H2,1,3-9H3,(H,63,67). The molecule has 10 rings (SSSR count). The van der Waals surface area contributed by atoms with Crippen LogP contribution in [0, 0.1) is 11.8 Å². The van der Waals surface area contributed by atoms with E-state index < -0.39 is 11.6 Å². The zero-order chi connectivity index (χ0) is 49.1. The summed E-state index contributed by atoms with van der Waals surface area (Å²) in [6.45, 7) is 23.6. The van der Waals surface area contributed by atoms with E-state index in [1.54, 1.807) is 0 Å². The zero-order valence-electron chi connectivity index (χ0n) is 43.0. The van der Waals surface area contributed by atoms with Crippen molar-refractivity contribution in [1.82, 2.24) is 10.2 Å². The molecule has 1 N–H and O–H groups in total. The number of hydrogen-bond donors (Lipinski definition) is 1. The summed E-state index contributed by atoms with van der Waals surface area (Å²) in [5.41, 5.74) is 10.9. The van der Waals surface area contributed by atoms with E-state index in [0.717, 1.165) is 77.0 Å². The van der Waals surface area contributed by atoms with Crippen molar-refractivity contribution in [3.8, 4) is 22.6 Å². The number of hydrogen-bond acceptors (Lipinski definition) is 6. The van der Waals surface area contributed by atoms with Crippen molar-refractivity contribution in [2.24, 2.45) is 11.8 Å². The van der Waals surface area contributed by atoms with E-state index in [0.29, 0.717) is 26.1 Å². The molecule has 0 spiro atoms. The minimum atomic E-state index is -0.931. The minimum absolute atomic E-state index is 0.00970. The molecule has 366 valence electrons. The summed E-state index contributed by atoms with van der Waals surface area (Å²) in [6, 6.07) is 30.9. The third-order valence-electron chi connectivity index (χ3n) is 16.9. The largest absolute Gasteiger partial charge is 0.495 e. The van der Waals surface area contributed by atoms with E-state index >= 15 is 0 Å². The van der Waals surface area contributed by atoms with Gasteiger partial charge in [-0.1, -0.05) is 147 Å². The molecule has 0 radical (unpaired) electrons. The van der Waals surface area contributed by atoms with Crippen LogP contribution < -0.4 is 24.6 Å². The van der Waals surface area contributed by atoms with Crippen LogP contribution in [0.5, 0.6) is 11.5 Å². The van der Waals surface area contributed by atoms with Gasteiger partial charge in [0.2, 0.25) is 11.8 Å². The molecule has 8 nitrogen and oxygen atoms in total. The molecule has 5 aromatic rings. The lowest BCUT2D eigenvalue weighted by atomic mass is 9.75. The van der Waals surface area contributed by atoms with Gasteiger partial charge in [0.15, 0.2) is 5.60 Å². The molecule has 5 atom stereocenters. The normalized spacial score (nSPS) is 22.9. The molecule has 70 heavy (non-hydrogen) atoms. The van der Waals surface area contributed by atoms with Gasteiger partial charge >= 0.3 is 0 Å². The van der Waals surface area contributed by atoms with Crippen molar-refractivity contribution >= 4 is 40.0 Å². The van der Waals surface area contributed by atoms with Crippen LogP contribution in [0.25, 0.3) is 28.0 Å². The average Bonchev–Trinajstić information content (AvgIpc) is 3.62. The first-order valence-electron chi connectivity index (χ1n) is 26.3. The quantitative estimate of drug-likeness (QED) is 0.133. The van der Waals surface area contributed by atoms with E-state index in [2.05, 4.69) is 167 Å². The van der Waals surface area contributed by atoms with Crippen LogP contribution in [0.1, 0.15) is 133 Å². The number of nitrogens with zero attached hydrogens (tertiary/aromatic N) is 3. The van der Waals surface area contributed by atoms with Crippen LogP contribution in [0.3, 0.4) is 0 Å². The van der Waals surface area contributed by atoms with E-state index in [-0.39, 0.29) is 28.7 Å². The molecule has 0 bridgehead atoms. The van der Waals surface area contributed by atoms with Crippen LogP contribution in [-0.4, -0.2) is 68.6 Å². The Hall–Kier alpha value is -6.02. The summed E-state index contributed by atoms with van der Waals surface area (Å²) in [7, 11) is 1.83. The Morgan fingerprint density at radius 2 is 1.63 bits per heavy atom. The van der Waals surface area contributed by atoms with Gasteiger partial charge in [-0.05, 0) is 113 Å². The lowest BCUT2D eigenvalue weighted by Crippen LogP contribution is -2.58. The van der Waals surface area contributed by atoms with Gasteiger partial charge < -0.3 is 29.5 Å². The van der Waals surface area contributed by atoms with E-state index in [1.165, 1.54) is 77.1 Å². The van der Waals surface area contributed by atoms with Gasteiger partial charge in [0.25, 0.3) is 0 Å². The lowest BCUT2D eigenvalue weighted by molar-refractivity contribution is -0.138. The highest BCUT2D eigenvalue weighted by Crippen LogP contribution is 2.60. The molecule has 3 heterocycles. The number of ether oxygens (including phenoxy) is 2. The van der Waals surface area contributed by atoms with Crippen molar-refractivity contribution in [3.63, 3.8) is 0 Å². The maximum atomic E-state index is 13.9. The second-order valence-electron chi connectivity index (χ2n) is 22.6. The second-order valence-corrected chi connectivity index (χ2v) is 22.6. The van der Waals surface area contributed by atoms with Crippen LogP contribution in [0.4, 0.5) is 11.4 Å². The molecule has 3 aliphatic heterocycles. The first kappa shape index (κ1) is 47.6. The molecule has 2 saturated heterocycles. The van der Waals surface area contributed by atoms with Gasteiger partial charge in [-0.25, -0.2) is 0 Å². The SMILES string of the molecule is C=CC(=O)NC(CCCC)C(=O)N1CCN(c2ccc(C3(c4ccccc4)C=Cc4c5c(c6cc(N7CCC8CCCCC8C7)c(OC)cc6c4O3)-c3ccc(C(C)(C)C)cc3C5(C)C)cc2)CC1C. The number of unbranched alkanes of at least 4 members (excludes halogenated alkanes) is 1. The number of rotatable bonds is 11. The number of carbonyl (C=O) groups is 2. The number of nitrogens with one attached hydrogen (secondary N) is 1. The highest BCUT2D eigenvalue weighted by atomic mass is 16.5. The van der Waals surface area contributed by atoms with Crippen LogP contribution in [-0.2, 0) is 26.0 Å². The first-order valence-corrected chi connectivity index (χ1v) is 26.3. The van der Waals surface area contributed by atoms with Gasteiger partial charge in [0, 0.05) is 71.9 Å². The number of methoxy groups -OCH3 is 1. The molecule has 3 fully saturated rings. The molecule has 5 aliphatic rings. The Balaban J connectivity index is 1.05. The third-order valence-corrected chi connectivity index (χ3v) is 16.9. The van der Waals surface area contributed by atoms with Crippen molar-refractivity contribution in [2.45, 2.75) is 128 Å². The van der Waals surface area contributed by atoms with Gasteiger partial charge in [0.1, 0.15) is 17.5 Å². The first-order chi connectivity index (χ1) is 33.7. The number of carbonyl (C=O) groups excluding carboxylic acids is 2. The lowest BCUT2D eigenvalue weighted by Gasteiger charge is -2.43. The van der Waals surface area contributed by atoms with Crippen LogP contribution >= 0.6 is 0 Å².